The van der Waals surface area contributed by atoms with Crippen LogP contribution in [-0.4, -0.2) is 83.6 Å². The van der Waals surface area contributed by atoms with E-state index < -0.39 is 60.1 Å². The molecule has 1 unspecified atom stereocenters. The largest absolute Gasteiger partial charge is 0.506 e. The van der Waals surface area contributed by atoms with E-state index in [4.69, 9.17) is 23.4 Å². The molecular formula is C26H34O10S. The lowest BCUT2D eigenvalue weighted by Gasteiger charge is -2.50. The highest BCUT2D eigenvalue weighted by molar-refractivity contribution is 7.99. The van der Waals surface area contributed by atoms with Crippen LogP contribution in [0.25, 0.3) is 11.0 Å². The standard InChI is InChI=1S/C26H34O10S/c1-13-14(8-9-15-19(29)18(16(28)11-37-4)25(31)35-21(13)15)22-23(34-17-7-5-6-10-33-17)20(30)24(32-3)26(2,12-27)36-22/h8-9,17,20,22-24,27,29-30H,5-7,10-12H2,1-4H3/t17?,20-,22+,23-,24-,26-/m1/s1. The Balaban J connectivity index is 1.82. The molecule has 0 radical (unpaired) electrons. The fourth-order valence-electron chi connectivity index (χ4n) is 5.20. The predicted molar refractivity (Wildman–Crippen MR) is 136 cm³/mol. The van der Waals surface area contributed by atoms with Crippen LogP contribution in [0.2, 0.25) is 0 Å². The molecule has 4 rings (SSSR count). The summed E-state index contributed by atoms with van der Waals surface area (Å²) in [5, 5.41) is 32.5. The smallest absolute Gasteiger partial charge is 0.351 e. The first kappa shape index (κ1) is 28.0. The molecule has 2 aromatic rings. The van der Waals surface area contributed by atoms with Gasteiger partial charge in [-0.2, -0.15) is 11.8 Å². The van der Waals surface area contributed by atoms with E-state index in [1.54, 1.807) is 26.2 Å². The molecule has 3 heterocycles. The van der Waals surface area contributed by atoms with Gasteiger partial charge in [-0.1, -0.05) is 6.07 Å². The van der Waals surface area contributed by atoms with Crippen molar-refractivity contribution in [1.82, 2.24) is 0 Å². The van der Waals surface area contributed by atoms with Gasteiger partial charge >= 0.3 is 5.63 Å². The third-order valence-corrected chi connectivity index (χ3v) is 7.71. The Kier molecular flexibility index (Phi) is 8.64. The molecule has 1 aromatic carbocycles. The van der Waals surface area contributed by atoms with Crippen LogP contribution in [0.4, 0.5) is 0 Å². The van der Waals surface area contributed by atoms with Crippen molar-refractivity contribution in [2.75, 3.05) is 32.3 Å². The normalized spacial score (nSPS) is 30.5. The van der Waals surface area contributed by atoms with Crippen LogP contribution in [0.3, 0.4) is 0 Å². The molecule has 0 saturated carbocycles. The van der Waals surface area contributed by atoms with Crippen molar-refractivity contribution in [3.05, 3.63) is 39.2 Å². The number of methoxy groups -OCH3 is 1. The number of ether oxygens (including phenoxy) is 4. The summed E-state index contributed by atoms with van der Waals surface area (Å²) in [6.45, 7) is 3.43. The number of benzene rings is 1. The second-order valence-corrected chi connectivity index (χ2v) is 10.5. The Bertz CT molecular complexity index is 1190. The fraction of sp³-hybridized carbons (Fsp3) is 0.615. The van der Waals surface area contributed by atoms with Crippen LogP contribution in [0.1, 0.15) is 53.8 Å². The Labute approximate surface area is 218 Å². The van der Waals surface area contributed by atoms with Crippen molar-refractivity contribution in [1.29, 1.82) is 0 Å². The highest BCUT2D eigenvalue weighted by Crippen LogP contribution is 2.44. The SMILES string of the molecule is CO[C@@H]1[C@H](O)[C@@H](OC2CCCCO2)[C@H](c2ccc3c(O)c(C(=O)CSC)c(=O)oc3c2C)O[C@]1(C)CO. The first-order valence-corrected chi connectivity index (χ1v) is 13.6. The van der Waals surface area contributed by atoms with Gasteiger partial charge in [0.15, 0.2) is 12.1 Å². The van der Waals surface area contributed by atoms with Gasteiger partial charge in [-0.15, -0.1) is 0 Å². The number of aryl methyl sites for hydroxylation is 1. The van der Waals surface area contributed by atoms with E-state index in [0.717, 1.165) is 12.8 Å². The number of rotatable bonds is 8. The monoisotopic (exact) mass is 538 g/mol. The molecule has 0 bridgehead atoms. The summed E-state index contributed by atoms with van der Waals surface area (Å²) in [4.78, 5) is 25.1. The van der Waals surface area contributed by atoms with Gasteiger partial charge in [-0.3, -0.25) is 4.79 Å². The topological polar surface area (TPSA) is 145 Å². The number of carbonyl (C=O) groups excluding carboxylic acids is 1. The van der Waals surface area contributed by atoms with Crippen LogP contribution in [-0.2, 0) is 18.9 Å². The van der Waals surface area contributed by atoms with E-state index in [1.807, 2.05) is 0 Å². The number of carbonyl (C=O) groups is 1. The molecule has 2 fully saturated rings. The highest BCUT2D eigenvalue weighted by Gasteiger charge is 2.54. The lowest BCUT2D eigenvalue weighted by Crippen LogP contribution is -2.63. The summed E-state index contributed by atoms with van der Waals surface area (Å²) in [6, 6.07) is 3.20. The maximum absolute atomic E-state index is 12.7. The Morgan fingerprint density at radius 3 is 2.68 bits per heavy atom. The van der Waals surface area contributed by atoms with Gasteiger partial charge in [0.05, 0.1) is 17.7 Å². The van der Waals surface area contributed by atoms with Crippen molar-refractivity contribution in [3.63, 3.8) is 0 Å². The maximum Gasteiger partial charge on any atom is 0.351 e. The van der Waals surface area contributed by atoms with Crippen LogP contribution in [0.15, 0.2) is 21.3 Å². The number of hydrogen-bond donors (Lipinski definition) is 3. The van der Waals surface area contributed by atoms with Gasteiger partial charge in [0.2, 0.25) is 0 Å². The molecule has 0 spiro atoms. The summed E-state index contributed by atoms with van der Waals surface area (Å²) in [6.07, 6.45) is -0.270. The average molecular weight is 539 g/mol. The number of ketones is 1. The molecule has 11 heteroatoms. The Morgan fingerprint density at radius 1 is 1.30 bits per heavy atom. The zero-order chi connectivity index (χ0) is 26.9. The Hall–Kier alpha value is -1.99. The van der Waals surface area contributed by atoms with E-state index in [9.17, 15) is 24.9 Å². The third-order valence-electron chi connectivity index (χ3n) is 7.16. The molecule has 0 aliphatic carbocycles. The minimum Gasteiger partial charge on any atom is -0.506 e. The number of aliphatic hydroxyl groups excluding tert-OH is 2. The van der Waals surface area contributed by atoms with Gasteiger partial charge in [-0.05, 0) is 56.6 Å². The van der Waals surface area contributed by atoms with Crippen molar-refractivity contribution in [2.45, 2.75) is 69.4 Å². The minimum atomic E-state index is -1.27. The molecule has 2 aliphatic heterocycles. The second-order valence-electron chi connectivity index (χ2n) is 9.68. The number of thioether (sulfide) groups is 1. The van der Waals surface area contributed by atoms with Gasteiger partial charge < -0.3 is 38.7 Å². The van der Waals surface area contributed by atoms with E-state index in [0.29, 0.717) is 24.2 Å². The molecule has 0 amide bonds. The zero-order valence-corrected chi connectivity index (χ0v) is 22.2. The van der Waals surface area contributed by atoms with Crippen LogP contribution in [0, 0.1) is 6.92 Å². The number of Topliss-reactive ketones (excluding diaryl/α,β-unsaturated/α-hetero) is 1. The summed E-state index contributed by atoms with van der Waals surface area (Å²) in [7, 11) is 1.42. The number of aliphatic hydroxyl groups is 2. The van der Waals surface area contributed by atoms with Crippen molar-refractivity contribution in [3.8, 4) is 5.75 Å². The lowest BCUT2D eigenvalue weighted by atomic mass is 9.83. The van der Waals surface area contributed by atoms with E-state index in [1.165, 1.54) is 24.9 Å². The predicted octanol–water partition coefficient (Wildman–Crippen LogP) is 2.46. The third kappa shape index (κ3) is 5.18. The quantitative estimate of drug-likeness (QED) is 0.337. The van der Waals surface area contributed by atoms with E-state index >= 15 is 0 Å². The van der Waals surface area contributed by atoms with Crippen LogP contribution >= 0.6 is 11.8 Å². The number of fused-ring (bicyclic) bond motifs is 1. The van der Waals surface area contributed by atoms with Gasteiger partial charge in [-0.25, -0.2) is 4.79 Å². The lowest BCUT2D eigenvalue weighted by molar-refractivity contribution is -0.316. The summed E-state index contributed by atoms with van der Waals surface area (Å²) in [5.41, 5.74) is -1.52. The van der Waals surface area contributed by atoms with Gasteiger partial charge in [0, 0.05) is 13.7 Å². The van der Waals surface area contributed by atoms with Crippen molar-refractivity contribution in [2.24, 2.45) is 0 Å². The molecular weight excluding hydrogens is 504 g/mol. The Morgan fingerprint density at radius 2 is 2.05 bits per heavy atom. The van der Waals surface area contributed by atoms with Crippen LogP contribution < -0.4 is 5.63 Å². The number of hydrogen-bond acceptors (Lipinski definition) is 11. The molecule has 2 saturated heterocycles. The zero-order valence-electron chi connectivity index (χ0n) is 21.4. The van der Waals surface area contributed by atoms with E-state index in [-0.39, 0.29) is 22.3 Å². The molecule has 10 nitrogen and oxygen atoms in total. The number of aromatic hydroxyl groups is 1. The summed E-state index contributed by atoms with van der Waals surface area (Å²) >= 11 is 1.23. The maximum atomic E-state index is 12.7. The molecule has 6 atom stereocenters. The summed E-state index contributed by atoms with van der Waals surface area (Å²) in [5.74, 6) is -0.934. The molecule has 3 N–H and O–H groups in total. The molecule has 204 valence electrons. The average Bonchev–Trinajstić information content (AvgIpc) is 2.87. The van der Waals surface area contributed by atoms with Gasteiger partial charge in [0.1, 0.15) is 46.9 Å². The van der Waals surface area contributed by atoms with Crippen molar-refractivity contribution >= 4 is 28.5 Å². The molecule has 1 aromatic heterocycles. The van der Waals surface area contributed by atoms with E-state index in [2.05, 4.69) is 0 Å². The minimum absolute atomic E-state index is 0.0252. The van der Waals surface area contributed by atoms with Crippen molar-refractivity contribution < 1.29 is 43.5 Å². The van der Waals surface area contributed by atoms with Crippen LogP contribution in [0.5, 0.6) is 5.75 Å². The second kappa shape index (κ2) is 11.4. The first-order chi connectivity index (χ1) is 17.7. The molecule has 37 heavy (non-hydrogen) atoms. The summed E-state index contributed by atoms with van der Waals surface area (Å²) < 4.78 is 29.4. The highest BCUT2D eigenvalue weighted by atomic mass is 32.2. The first-order valence-electron chi connectivity index (χ1n) is 12.2. The molecule has 2 aliphatic rings. The van der Waals surface area contributed by atoms with Gasteiger partial charge in [0.25, 0.3) is 0 Å². The fourth-order valence-corrected chi connectivity index (χ4v) is 5.60.